The Morgan fingerprint density at radius 2 is 2.35 bits per heavy atom. The minimum Gasteiger partial charge on any atom is -0.394 e. The number of ether oxygens (including phenoxy) is 1. The van der Waals surface area contributed by atoms with Crippen molar-refractivity contribution in [3.63, 3.8) is 0 Å². The molecule has 0 fully saturated rings. The third-order valence-electron chi connectivity index (χ3n) is 2.74. The Bertz CT molecular complexity index is 496. The number of hydrogen-bond acceptors (Lipinski definition) is 4. The molecule has 0 aliphatic heterocycles. The Kier molecular flexibility index (Phi) is 3.93. The molecule has 0 bridgehead atoms. The molecule has 0 aliphatic rings. The predicted octanol–water partition coefficient (Wildman–Crippen LogP) is 1.48. The highest BCUT2D eigenvalue weighted by Gasteiger charge is 2.09. The summed E-state index contributed by atoms with van der Waals surface area (Å²) >= 11 is 5.96. The molecule has 17 heavy (non-hydrogen) atoms. The highest BCUT2D eigenvalue weighted by Crippen LogP contribution is 2.20. The third kappa shape index (κ3) is 2.57. The first-order chi connectivity index (χ1) is 8.26. The molecular formula is C11H14ClN3O2. The topological polar surface area (TPSA) is 60.2 Å². The first-order valence-electron chi connectivity index (χ1n) is 5.35. The van der Waals surface area contributed by atoms with Crippen molar-refractivity contribution in [1.29, 1.82) is 0 Å². The second kappa shape index (κ2) is 5.44. The van der Waals surface area contributed by atoms with Crippen molar-refractivity contribution >= 4 is 22.6 Å². The number of rotatable bonds is 5. The van der Waals surface area contributed by atoms with Crippen LogP contribution in [0, 0.1) is 0 Å². The van der Waals surface area contributed by atoms with Crippen LogP contribution in [0.4, 0.5) is 0 Å². The molecule has 2 aromatic rings. The van der Waals surface area contributed by atoms with E-state index in [1.807, 2.05) is 16.8 Å². The average Bonchev–Trinajstić information content (AvgIpc) is 2.75. The summed E-state index contributed by atoms with van der Waals surface area (Å²) < 4.78 is 7.09. The fraction of sp³-hybridized carbons (Fsp3) is 0.455. The molecule has 1 atom stereocenters. The fourth-order valence-corrected chi connectivity index (χ4v) is 1.91. The van der Waals surface area contributed by atoms with E-state index in [0.29, 0.717) is 5.15 Å². The largest absolute Gasteiger partial charge is 0.394 e. The van der Waals surface area contributed by atoms with Crippen LogP contribution in [0.1, 0.15) is 6.42 Å². The Morgan fingerprint density at radius 3 is 3.06 bits per heavy atom. The van der Waals surface area contributed by atoms with Gasteiger partial charge in [0, 0.05) is 19.9 Å². The van der Waals surface area contributed by atoms with Gasteiger partial charge in [0.05, 0.1) is 18.1 Å². The highest BCUT2D eigenvalue weighted by molar-refractivity contribution is 6.33. The summed E-state index contributed by atoms with van der Waals surface area (Å²) in [6.07, 6.45) is 3.93. The second-order valence-electron chi connectivity index (χ2n) is 3.74. The van der Waals surface area contributed by atoms with Crippen molar-refractivity contribution in [3.8, 4) is 0 Å². The first kappa shape index (κ1) is 12.3. The van der Waals surface area contributed by atoms with E-state index in [-0.39, 0.29) is 12.7 Å². The zero-order valence-corrected chi connectivity index (χ0v) is 10.3. The molecule has 5 nitrogen and oxygen atoms in total. The van der Waals surface area contributed by atoms with Gasteiger partial charge in [-0.2, -0.15) is 0 Å². The molecule has 0 amide bonds. The van der Waals surface area contributed by atoms with Crippen LogP contribution in [-0.4, -0.2) is 39.5 Å². The van der Waals surface area contributed by atoms with E-state index < -0.39 is 0 Å². The van der Waals surface area contributed by atoms with Gasteiger partial charge in [0.1, 0.15) is 17.1 Å². The molecule has 0 aliphatic carbocycles. The first-order valence-corrected chi connectivity index (χ1v) is 5.73. The summed E-state index contributed by atoms with van der Waals surface area (Å²) in [4.78, 5) is 8.12. The summed E-state index contributed by atoms with van der Waals surface area (Å²) in [7, 11) is 1.59. The normalized spacial score (nSPS) is 13.1. The van der Waals surface area contributed by atoms with Gasteiger partial charge in [-0.25, -0.2) is 9.97 Å². The Hall–Kier alpha value is -1.17. The van der Waals surface area contributed by atoms with E-state index in [0.717, 1.165) is 24.0 Å². The second-order valence-corrected chi connectivity index (χ2v) is 4.10. The molecule has 0 spiro atoms. The molecule has 2 aromatic heterocycles. The molecule has 0 saturated heterocycles. The van der Waals surface area contributed by atoms with Crippen LogP contribution < -0.4 is 0 Å². The Balaban J connectivity index is 2.17. The number of aryl methyl sites for hydroxylation is 1. The van der Waals surface area contributed by atoms with Crippen LogP contribution in [0.15, 0.2) is 18.6 Å². The Labute approximate surface area is 104 Å². The van der Waals surface area contributed by atoms with Crippen LogP contribution in [0.2, 0.25) is 5.15 Å². The van der Waals surface area contributed by atoms with Gasteiger partial charge < -0.3 is 14.4 Å². The lowest BCUT2D eigenvalue weighted by Crippen LogP contribution is -2.18. The third-order valence-corrected chi connectivity index (χ3v) is 3.04. The summed E-state index contributed by atoms with van der Waals surface area (Å²) in [6.45, 7) is 0.737. The van der Waals surface area contributed by atoms with E-state index >= 15 is 0 Å². The van der Waals surface area contributed by atoms with Gasteiger partial charge in [-0.1, -0.05) is 11.6 Å². The van der Waals surface area contributed by atoms with Crippen molar-refractivity contribution in [2.75, 3.05) is 13.7 Å². The molecule has 1 unspecified atom stereocenters. The minimum absolute atomic E-state index is 0.0193. The lowest BCUT2D eigenvalue weighted by atomic mass is 10.2. The van der Waals surface area contributed by atoms with E-state index in [4.69, 9.17) is 21.4 Å². The molecule has 0 saturated carbocycles. The lowest BCUT2D eigenvalue weighted by molar-refractivity contribution is 0.0405. The zero-order valence-electron chi connectivity index (χ0n) is 9.51. The van der Waals surface area contributed by atoms with E-state index in [1.165, 1.54) is 6.33 Å². The number of aliphatic hydroxyl groups is 1. The summed E-state index contributed by atoms with van der Waals surface area (Å²) in [5.41, 5.74) is 0.804. The van der Waals surface area contributed by atoms with Crippen molar-refractivity contribution in [2.24, 2.45) is 0 Å². The molecule has 92 valence electrons. The van der Waals surface area contributed by atoms with Crippen molar-refractivity contribution < 1.29 is 9.84 Å². The molecule has 0 radical (unpaired) electrons. The van der Waals surface area contributed by atoms with Gasteiger partial charge in [-0.3, -0.25) is 0 Å². The van der Waals surface area contributed by atoms with E-state index in [9.17, 15) is 0 Å². The van der Waals surface area contributed by atoms with E-state index in [2.05, 4.69) is 9.97 Å². The van der Waals surface area contributed by atoms with Crippen molar-refractivity contribution in [3.05, 3.63) is 23.7 Å². The molecule has 2 rings (SSSR count). The summed E-state index contributed by atoms with van der Waals surface area (Å²) in [6, 6.07) is 1.89. The smallest absolute Gasteiger partial charge is 0.144 e. The number of nitrogens with zero attached hydrogens (tertiary/aromatic N) is 3. The van der Waals surface area contributed by atoms with Crippen LogP contribution in [0.25, 0.3) is 11.0 Å². The quantitative estimate of drug-likeness (QED) is 0.823. The van der Waals surface area contributed by atoms with Crippen LogP contribution in [0.3, 0.4) is 0 Å². The van der Waals surface area contributed by atoms with Crippen LogP contribution in [-0.2, 0) is 11.3 Å². The standard InChI is InChI=1S/C11H14ClN3O2/c1-17-8(6-16)2-4-15-5-3-9-10(12)13-7-14-11(9)15/h3,5,7-8,16H,2,4,6H2,1H3. The van der Waals surface area contributed by atoms with Gasteiger partial charge in [-0.05, 0) is 12.5 Å². The average molecular weight is 256 g/mol. The van der Waals surface area contributed by atoms with Crippen LogP contribution in [0.5, 0.6) is 0 Å². The number of fused-ring (bicyclic) bond motifs is 1. The minimum atomic E-state index is -0.148. The maximum atomic E-state index is 9.03. The Morgan fingerprint density at radius 1 is 1.53 bits per heavy atom. The summed E-state index contributed by atoms with van der Waals surface area (Å²) in [5, 5.41) is 10.3. The maximum absolute atomic E-state index is 9.03. The van der Waals surface area contributed by atoms with Crippen LogP contribution >= 0.6 is 11.6 Å². The van der Waals surface area contributed by atoms with Gasteiger partial charge in [0.15, 0.2) is 0 Å². The van der Waals surface area contributed by atoms with Gasteiger partial charge in [-0.15, -0.1) is 0 Å². The lowest BCUT2D eigenvalue weighted by Gasteiger charge is -2.12. The molecule has 1 N–H and O–H groups in total. The number of methoxy groups -OCH3 is 1. The van der Waals surface area contributed by atoms with Gasteiger partial charge in [0.25, 0.3) is 0 Å². The number of hydrogen-bond donors (Lipinski definition) is 1. The molecule has 2 heterocycles. The highest BCUT2D eigenvalue weighted by atomic mass is 35.5. The SMILES string of the molecule is COC(CO)CCn1ccc2c(Cl)ncnc21. The number of aliphatic hydroxyl groups excluding tert-OH is 1. The monoisotopic (exact) mass is 255 g/mol. The zero-order chi connectivity index (χ0) is 12.3. The maximum Gasteiger partial charge on any atom is 0.144 e. The van der Waals surface area contributed by atoms with Gasteiger partial charge in [0.2, 0.25) is 0 Å². The number of halogens is 1. The van der Waals surface area contributed by atoms with Crippen molar-refractivity contribution in [2.45, 2.75) is 19.1 Å². The molecule has 0 aromatic carbocycles. The van der Waals surface area contributed by atoms with Crippen molar-refractivity contribution in [1.82, 2.24) is 14.5 Å². The molecule has 6 heteroatoms. The summed E-state index contributed by atoms with van der Waals surface area (Å²) in [5.74, 6) is 0. The van der Waals surface area contributed by atoms with E-state index in [1.54, 1.807) is 7.11 Å². The number of aromatic nitrogens is 3. The predicted molar refractivity (Wildman–Crippen MR) is 65.0 cm³/mol. The fourth-order valence-electron chi connectivity index (χ4n) is 1.72. The van der Waals surface area contributed by atoms with Gasteiger partial charge >= 0.3 is 0 Å². The molecular weight excluding hydrogens is 242 g/mol.